The van der Waals surface area contributed by atoms with Crippen molar-refractivity contribution in [2.75, 3.05) is 29.5 Å². The number of rotatable bonds is 2. The third-order valence-electron chi connectivity index (χ3n) is 2.34. The second-order valence-electron chi connectivity index (χ2n) is 3.29. The molecular formula is C10H15N3S. The minimum Gasteiger partial charge on any atom is -0.355 e. The molecule has 2 rings (SSSR count). The molecule has 4 heteroatoms. The molecule has 1 aromatic heterocycles. The van der Waals surface area contributed by atoms with Gasteiger partial charge in [-0.2, -0.15) is 11.8 Å². The van der Waals surface area contributed by atoms with Crippen molar-refractivity contribution >= 4 is 17.6 Å². The summed E-state index contributed by atoms with van der Waals surface area (Å²) in [6.45, 7) is 2.73. The van der Waals surface area contributed by atoms with Crippen molar-refractivity contribution in [1.29, 1.82) is 0 Å². The van der Waals surface area contributed by atoms with Crippen LogP contribution in [-0.4, -0.2) is 29.6 Å². The van der Waals surface area contributed by atoms with Gasteiger partial charge in [0.25, 0.3) is 0 Å². The lowest BCUT2D eigenvalue weighted by Gasteiger charge is -2.27. The molecule has 2 N–H and O–H groups in total. The van der Waals surface area contributed by atoms with Gasteiger partial charge < -0.3 is 10.6 Å². The van der Waals surface area contributed by atoms with E-state index in [9.17, 15) is 0 Å². The van der Waals surface area contributed by atoms with E-state index in [1.807, 2.05) is 23.9 Å². The van der Waals surface area contributed by atoms with Gasteiger partial charge in [-0.15, -0.1) is 0 Å². The molecule has 0 aromatic carbocycles. The van der Waals surface area contributed by atoms with E-state index >= 15 is 0 Å². The molecule has 1 aromatic rings. The average Bonchev–Trinajstić information content (AvgIpc) is 2.30. The van der Waals surface area contributed by atoms with Gasteiger partial charge in [-0.1, -0.05) is 6.07 Å². The zero-order valence-electron chi connectivity index (χ0n) is 8.15. The summed E-state index contributed by atoms with van der Waals surface area (Å²) in [5, 5.41) is 0. The van der Waals surface area contributed by atoms with Gasteiger partial charge in [0.1, 0.15) is 5.82 Å². The van der Waals surface area contributed by atoms with Crippen molar-refractivity contribution in [3.05, 3.63) is 23.9 Å². The lowest BCUT2D eigenvalue weighted by molar-refractivity contribution is 0.829. The normalized spacial score (nSPS) is 17.1. The Morgan fingerprint density at radius 3 is 2.86 bits per heavy atom. The number of anilines is 1. The maximum Gasteiger partial charge on any atom is 0.128 e. The van der Waals surface area contributed by atoms with Gasteiger partial charge in [0.05, 0.1) is 5.69 Å². The van der Waals surface area contributed by atoms with Gasteiger partial charge in [-0.05, 0) is 12.1 Å². The zero-order chi connectivity index (χ0) is 9.80. The molecule has 0 saturated carbocycles. The van der Waals surface area contributed by atoms with Crippen LogP contribution in [0, 0.1) is 0 Å². The quantitative estimate of drug-likeness (QED) is 0.792. The summed E-state index contributed by atoms with van der Waals surface area (Å²) in [7, 11) is 0. The molecule has 0 atom stereocenters. The number of aromatic nitrogens is 1. The standard InChI is InChI=1S/C10H15N3S/c11-8-9-2-1-3-10(12-9)13-4-6-14-7-5-13/h1-3H,4-8,11H2. The topological polar surface area (TPSA) is 42.1 Å². The van der Waals surface area contributed by atoms with E-state index in [-0.39, 0.29) is 0 Å². The summed E-state index contributed by atoms with van der Waals surface area (Å²) in [5.74, 6) is 3.48. The van der Waals surface area contributed by atoms with Gasteiger partial charge in [-0.3, -0.25) is 0 Å². The van der Waals surface area contributed by atoms with Crippen LogP contribution < -0.4 is 10.6 Å². The molecule has 1 saturated heterocycles. The Bertz CT molecular complexity index is 297. The van der Waals surface area contributed by atoms with Crippen molar-refractivity contribution in [2.45, 2.75) is 6.54 Å². The van der Waals surface area contributed by atoms with Gasteiger partial charge in [0, 0.05) is 31.1 Å². The highest BCUT2D eigenvalue weighted by atomic mass is 32.2. The fraction of sp³-hybridized carbons (Fsp3) is 0.500. The highest BCUT2D eigenvalue weighted by molar-refractivity contribution is 7.99. The van der Waals surface area contributed by atoms with Crippen LogP contribution in [0.5, 0.6) is 0 Å². The highest BCUT2D eigenvalue weighted by Gasteiger charge is 2.11. The minimum absolute atomic E-state index is 0.524. The first kappa shape index (κ1) is 9.80. The van der Waals surface area contributed by atoms with E-state index in [4.69, 9.17) is 5.73 Å². The van der Waals surface area contributed by atoms with E-state index in [1.165, 1.54) is 11.5 Å². The van der Waals surface area contributed by atoms with Crippen molar-refractivity contribution < 1.29 is 0 Å². The van der Waals surface area contributed by atoms with Crippen LogP contribution in [-0.2, 0) is 6.54 Å². The molecule has 0 unspecified atom stereocenters. The maximum absolute atomic E-state index is 5.56. The summed E-state index contributed by atoms with van der Waals surface area (Å²) >= 11 is 2.01. The zero-order valence-corrected chi connectivity index (χ0v) is 8.96. The predicted octanol–water partition coefficient (Wildman–Crippen LogP) is 1.09. The molecule has 1 aliphatic rings. The van der Waals surface area contributed by atoms with Crippen molar-refractivity contribution in [3.8, 4) is 0 Å². The second kappa shape index (κ2) is 4.66. The van der Waals surface area contributed by atoms with E-state index in [0.29, 0.717) is 6.54 Å². The van der Waals surface area contributed by atoms with Crippen LogP contribution in [0.2, 0.25) is 0 Å². The number of nitrogens with zero attached hydrogens (tertiary/aromatic N) is 2. The number of pyridine rings is 1. The Labute approximate surface area is 88.7 Å². The van der Waals surface area contributed by atoms with Gasteiger partial charge >= 0.3 is 0 Å². The first-order chi connectivity index (χ1) is 6.90. The Morgan fingerprint density at radius 1 is 1.36 bits per heavy atom. The molecule has 1 aliphatic heterocycles. The van der Waals surface area contributed by atoms with Crippen LogP contribution in [0.1, 0.15) is 5.69 Å². The highest BCUT2D eigenvalue weighted by Crippen LogP contribution is 2.17. The average molecular weight is 209 g/mol. The van der Waals surface area contributed by atoms with Crippen LogP contribution in [0.25, 0.3) is 0 Å². The third kappa shape index (κ3) is 2.19. The van der Waals surface area contributed by atoms with Gasteiger partial charge in [0.2, 0.25) is 0 Å². The summed E-state index contributed by atoms with van der Waals surface area (Å²) in [6.07, 6.45) is 0. The smallest absolute Gasteiger partial charge is 0.128 e. The lowest BCUT2D eigenvalue weighted by atomic mass is 10.3. The van der Waals surface area contributed by atoms with E-state index in [1.54, 1.807) is 0 Å². The number of hydrogen-bond acceptors (Lipinski definition) is 4. The molecule has 1 fully saturated rings. The SMILES string of the molecule is NCc1cccc(N2CCSCC2)n1. The number of thioether (sulfide) groups is 1. The lowest BCUT2D eigenvalue weighted by Crippen LogP contribution is -2.33. The monoisotopic (exact) mass is 209 g/mol. The van der Waals surface area contributed by atoms with E-state index in [2.05, 4.69) is 16.0 Å². The molecule has 76 valence electrons. The summed E-state index contributed by atoms with van der Waals surface area (Å²) < 4.78 is 0. The molecule has 0 bridgehead atoms. The van der Waals surface area contributed by atoms with Gasteiger partial charge in [0.15, 0.2) is 0 Å². The Hall–Kier alpha value is -0.740. The van der Waals surface area contributed by atoms with E-state index < -0.39 is 0 Å². The maximum atomic E-state index is 5.56. The summed E-state index contributed by atoms with van der Waals surface area (Å²) in [4.78, 5) is 6.84. The molecule has 0 amide bonds. The van der Waals surface area contributed by atoms with Crippen molar-refractivity contribution in [3.63, 3.8) is 0 Å². The third-order valence-corrected chi connectivity index (χ3v) is 3.28. The number of nitrogens with two attached hydrogens (primary N) is 1. The second-order valence-corrected chi connectivity index (χ2v) is 4.52. The molecular weight excluding hydrogens is 194 g/mol. The van der Waals surface area contributed by atoms with Crippen LogP contribution in [0.15, 0.2) is 18.2 Å². The summed E-state index contributed by atoms with van der Waals surface area (Å²) in [6, 6.07) is 6.07. The molecule has 0 spiro atoms. The van der Waals surface area contributed by atoms with Crippen molar-refractivity contribution in [2.24, 2.45) is 5.73 Å². The first-order valence-corrected chi connectivity index (χ1v) is 6.04. The molecule has 0 radical (unpaired) electrons. The van der Waals surface area contributed by atoms with Crippen LogP contribution >= 0.6 is 11.8 Å². The predicted molar refractivity (Wildman–Crippen MR) is 61.7 cm³/mol. The molecule has 0 aliphatic carbocycles. The van der Waals surface area contributed by atoms with Crippen LogP contribution in [0.4, 0.5) is 5.82 Å². The Balaban J connectivity index is 2.13. The first-order valence-electron chi connectivity index (χ1n) is 4.89. The fourth-order valence-electron chi connectivity index (χ4n) is 1.55. The van der Waals surface area contributed by atoms with Gasteiger partial charge in [-0.25, -0.2) is 4.98 Å². The Morgan fingerprint density at radius 2 is 2.14 bits per heavy atom. The summed E-state index contributed by atoms with van der Waals surface area (Å²) in [5.41, 5.74) is 6.54. The largest absolute Gasteiger partial charge is 0.355 e. The number of hydrogen-bond donors (Lipinski definition) is 1. The molecule has 2 heterocycles. The fourth-order valence-corrected chi connectivity index (χ4v) is 2.45. The van der Waals surface area contributed by atoms with Crippen LogP contribution in [0.3, 0.4) is 0 Å². The Kier molecular flexibility index (Phi) is 3.26. The molecule has 14 heavy (non-hydrogen) atoms. The molecule has 3 nitrogen and oxygen atoms in total. The minimum atomic E-state index is 0.524. The van der Waals surface area contributed by atoms with E-state index in [0.717, 1.165) is 24.6 Å². The van der Waals surface area contributed by atoms with Crippen molar-refractivity contribution in [1.82, 2.24) is 4.98 Å².